The molecule has 1 aromatic rings. The Hall–Kier alpha value is -1.95. The van der Waals surface area contributed by atoms with E-state index < -0.39 is 12.0 Å². The first-order valence-corrected chi connectivity index (χ1v) is 5.70. The number of carbonyl (C=O) groups excluding carboxylic acids is 1. The van der Waals surface area contributed by atoms with Gasteiger partial charge in [0, 0.05) is 12.7 Å². The fourth-order valence-electron chi connectivity index (χ4n) is 1.93. The van der Waals surface area contributed by atoms with Crippen molar-refractivity contribution in [3.63, 3.8) is 0 Å². The molecule has 1 saturated heterocycles. The van der Waals surface area contributed by atoms with Crippen LogP contribution in [0.3, 0.4) is 0 Å². The first-order valence-electron chi connectivity index (χ1n) is 5.70. The Morgan fingerprint density at radius 2 is 2.33 bits per heavy atom. The Balaban J connectivity index is 2.13. The molecule has 6 heteroatoms. The van der Waals surface area contributed by atoms with Gasteiger partial charge in [-0.05, 0) is 12.1 Å². The van der Waals surface area contributed by atoms with E-state index in [0.717, 1.165) is 0 Å². The molecule has 6 nitrogen and oxygen atoms in total. The van der Waals surface area contributed by atoms with Gasteiger partial charge in [0.25, 0.3) is 5.91 Å². The fourth-order valence-corrected chi connectivity index (χ4v) is 1.93. The number of nitrogens with zero attached hydrogens (tertiary/aromatic N) is 2. The second-order valence-electron chi connectivity index (χ2n) is 4.04. The summed E-state index contributed by atoms with van der Waals surface area (Å²) in [6.07, 6.45) is 1.43. The molecular weight excluding hydrogens is 236 g/mol. The van der Waals surface area contributed by atoms with Crippen molar-refractivity contribution in [3.8, 4) is 0 Å². The van der Waals surface area contributed by atoms with Crippen molar-refractivity contribution in [3.05, 3.63) is 30.1 Å². The molecule has 0 aromatic carbocycles. The minimum atomic E-state index is -0.940. The number of rotatable bonds is 3. The molecule has 1 atom stereocenters. The van der Waals surface area contributed by atoms with Gasteiger partial charge in [0.2, 0.25) is 0 Å². The van der Waals surface area contributed by atoms with Gasteiger partial charge in [-0.25, -0.2) is 0 Å². The van der Waals surface area contributed by atoms with E-state index in [2.05, 4.69) is 4.98 Å². The van der Waals surface area contributed by atoms with E-state index >= 15 is 0 Å². The van der Waals surface area contributed by atoms with Gasteiger partial charge < -0.3 is 14.7 Å². The lowest BCUT2D eigenvalue weighted by Crippen LogP contribution is -2.49. The highest BCUT2D eigenvalue weighted by Gasteiger charge is 2.30. The topological polar surface area (TPSA) is 79.7 Å². The van der Waals surface area contributed by atoms with E-state index in [1.807, 2.05) is 0 Å². The van der Waals surface area contributed by atoms with Crippen LogP contribution < -0.4 is 0 Å². The maximum Gasteiger partial charge on any atom is 0.305 e. The first kappa shape index (κ1) is 12.5. The Morgan fingerprint density at radius 3 is 3.00 bits per heavy atom. The number of pyridine rings is 1. The van der Waals surface area contributed by atoms with E-state index in [4.69, 9.17) is 9.84 Å². The molecule has 18 heavy (non-hydrogen) atoms. The third kappa shape index (κ3) is 2.84. The molecule has 0 aliphatic carbocycles. The Bertz CT molecular complexity index is 435. The number of ether oxygens (including phenoxy) is 1. The predicted octanol–water partition coefficient (Wildman–Crippen LogP) is 0.397. The lowest BCUT2D eigenvalue weighted by molar-refractivity contribution is -0.139. The van der Waals surface area contributed by atoms with Crippen molar-refractivity contribution in [2.45, 2.75) is 12.5 Å². The zero-order valence-electron chi connectivity index (χ0n) is 9.78. The highest BCUT2D eigenvalue weighted by Crippen LogP contribution is 2.14. The molecule has 2 heterocycles. The largest absolute Gasteiger partial charge is 0.481 e. The van der Waals surface area contributed by atoms with Crippen LogP contribution in [0.25, 0.3) is 0 Å². The lowest BCUT2D eigenvalue weighted by Gasteiger charge is -2.34. The van der Waals surface area contributed by atoms with Crippen LogP contribution in [0.15, 0.2) is 24.4 Å². The summed E-state index contributed by atoms with van der Waals surface area (Å²) in [4.78, 5) is 28.5. The van der Waals surface area contributed by atoms with Gasteiger partial charge in [0.15, 0.2) is 0 Å². The summed E-state index contributed by atoms with van der Waals surface area (Å²) in [7, 11) is 0. The standard InChI is InChI=1S/C12H14N2O4/c15-11(16)7-9-8-18-6-5-14(9)12(17)10-3-1-2-4-13-10/h1-4,9H,5-8H2,(H,15,16). The number of hydrogen-bond acceptors (Lipinski definition) is 4. The van der Waals surface area contributed by atoms with E-state index in [0.29, 0.717) is 18.8 Å². The maximum absolute atomic E-state index is 12.2. The maximum atomic E-state index is 12.2. The number of aliphatic carboxylic acids is 1. The molecule has 96 valence electrons. The van der Waals surface area contributed by atoms with Crippen molar-refractivity contribution in [2.24, 2.45) is 0 Å². The lowest BCUT2D eigenvalue weighted by atomic mass is 10.1. The predicted molar refractivity (Wildman–Crippen MR) is 62.1 cm³/mol. The third-order valence-corrected chi connectivity index (χ3v) is 2.78. The number of carboxylic acid groups (broad SMARTS) is 1. The summed E-state index contributed by atoms with van der Waals surface area (Å²) in [6, 6.07) is 4.65. The summed E-state index contributed by atoms with van der Waals surface area (Å²) in [6.45, 7) is 1.08. The molecular formula is C12H14N2O4. The van der Waals surface area contributed by atoms with Crippen molar-refractivity contribution in [1.29, 1.82) is 0 Å². The van der Waals surface area contributed by atoms with Crippen LogP contribution in [0.2, 0.25) is 0 Å². The molecule has 1 aliphatic rings. The molecule has 1 amide bonds. The number of amides is 1. The van der Waals surface area contributed by atoms with Gasteiger partial charge in [0.1, 0.15) is 5.69 Å². The Kier molecular flexibility index (Phi) is 3.88. The number of carboxylic acids is 1. The highest BCUT2D eigenvalue weighted by atomic mass is 16.5. The molecule has 1 aliphatic heterocycles. The van der Waals surface area contributed by atoms with Crippen LogP contribution in [0.5, 0.6) is 0 Å². The molecule has 0 radical (unpaired) electrons. The van der Waals surface area contributed by atoms with Crippen LogP contribution in [0, 0.1) is 0 Å². The summed E-state index contributed by atoms with van der Waals surface area (Å²) in [5, 5.41) is 8.83. The second kappa shape index (κ2) is 5.59. The molecule has 2 rings (SSSR count). The summed E-state index contributed by atoms with van der Waals surface area (Å²) in [5.74, 6) is -1.19. The number of aromatic nitrogens is 1. The fraction of sp³-hybridized carbons (Fsp3) is 0.417. The summed E-state index contributed by atoms with van der Waals surface area (Å²) >= 11 is 0. The quantitative estimate of drug-likeness (QED) is 0.839. The molecule has 0 saturated carbocycles. The zero-order valence-corrected chi connectivity index (χ0v) is 9.78. The van der Waals surface area contributed by atoms with Crippen molar-refractivity contribution in [1.82, 2.24) is 9.88 Å². The minimum Gasteiger partial charge on any atom is -0.481 e. The van der Waals surface area contributed by atoms with E-state index in [-0.39, 0.29) is 18.9 Å². The van der Waals surface area contributed by atoms with Crippen molar-refractivity contribution in [2.75, 3.05) is 19.8 Å². The molecule has 1 unspecified atom stereocenters. The smallest absolute Gasteiger partial charge is 0.305 e. The number of hydrogen-bond donors (Lipinski definition) is 1. The zero-order chi connectivity index (χ0) is 13.0. The normalized spacial score (nSPS) is 19.6. The van der Waals surface area contributed by atoms with E-state index in [9.17, 15) is 9.59 Å². The SMILES string of the molecule is O=C(O)CC1COCCN1C(=O)c1ccccn1. The molecule has 1 aromatic heterocycles. The van der Waals surface area contributed by atoms with Crippen LogP contribution in [0.4, 0.5) is 0 Å². The van der Waals surface area contributed by atoms with Crippen LogP contribution in [-0.2, 0) is 9.53 Å². The van der Waals surface area contributed by atoms with E-state index in [1.54, 1.807) is 24.4 Å². The monoisotopic (exact) mass is 250 g/mol. The Morgan fingerprint density at radius 1 is 1.50 bits per heavy atom. The molecule has 0 bridgehead atoms. The highest BCUT2D eigenvalue weighted by molar-refractivity contribution is 5.92. The average molecular weight is 250 g/mol. The van der Waals surface area contributed by atoms with E-state index in [1.165, 1.54) is 4.90 Å². The average Bonchev–Trinajstić information content (AvgIpc) is 2.39. The van der Waals surface area contributed by atoms with Gasteiger partial charge in [-0.2, -0.15) is 0 Å². The number of carbonyl (C=O) groups is 2. The van der Waals surface area contributed by atoms with Gasteiger partial charge in [-0.15, -0.1) is 0 Å². The first-order chi connectivity index (χ1) is 8.68. The summed E-state index contributed by atoms with van der Waals surface area (Å²) < 4.78 is 5.22. The van der Waals surface area contributed by atoms with Gasteiger partial charge in [-0.1, -0.05) is 6.07 Å². The summed E-state index contributed by atoms with van der Waals surface area (Å²) in [5.41, 5.74) is 0.329. The van der Waals surface area contributed by atoms with Gasteiger partial charge in [0.05, 0.1) is 25.7 Å². The van der Waals surface area contributed by atoms with Crippen LogP contribution in [0.1, 0.15) is 16.9 Å². The van der Waals surface area contributed by atoms with Gasteiger partial charge >= 0.3 is 5.97 Å². The van der Waals surface area contributed by atoms with Crippen LogP contribution in [-0.4, -0.2) is 52.7 Å². The van der Waals surface area contributed by atoms with Crippen molar-refractivity contribution >= 4 is 11.9 Å². The molecule has 0 spiro atoms. The van der Waals surface area contributed by atoms with Crippen LogP contribution >= 0.6 is 0 Å². The number of morpholine rings is 1. The van der Waals surface area contributed by atoms with Crippen molar-refractivity contribution < 1.29 is 19.4 Å². The second-order valence-corrected chi connectivity index (χ2v) is 4.04. The Labute approximate surface area is 104 Å². The minimum absolute atomic E-state index is 0.113. The molecule has 1 N–H and O–H groups in total. The third-order valence-electron chi connectivity index (χ3n) is 2.78. The van der Waals surface area contributed by atoms with Gasteiger partial charge in [-0.3, -0.25) is 14.6 Å². The molecule has 1 fully saturated rings.